The Labute approximate surface area is 97.5 Å². The third-order valence-corrected chi connectivity index (χ3v) is 2.76. The number of carbonyl (C=O) groups excluding carboxylic acids is 1. The number of aromatic nitrogens is 1. The molecule has 0 bridgehead atoms. The van der Waals surface area contributed by atoms with Crippen LogP contribution in [-0.2, 0) is 16.0 Å². The third-order valence-electron chi connectivity index (χ3n) is 1.94. The lowest BCUT2D eigenvalue weighted by Crippen LogP contribution is -2.28. The first kappa shape index (κ1) is 12.6. The van der Waals surface area contributed by atoms with Crippen LogP contribution in [-0.4, -0.2) is 28.5 Å². The fourth-order valence-electron chi connectivity index (χ4n) is 1.22. The number of nitrogens with zero attached hydrogens (tertiary/aromatic N) is 1. The number of aryl methyl sites for hydroxylation is 2. The predicted molar refractivity (Wildman–Crippen MR) is 60.4 cm³/mol. The van der Waals surface area contributed by atoms with Gasteiger partial charge in [-0.25, -0.2) is 4.98 Å². The smallest absolute Gasteiger partial charge is 0.322 e. The number of amides is 1. The van der Waals surface area contributed by atoms with E-state index in [0.29, 0.717) is 12.8 Å². The summed E-state index contributed by atoms with van der Waals surface area (Å²) >= 11 is 1.59. The van der Waals surface area contributed by atoms with Gasteiger partial charge in [-0.3, -0.25) is 9.59 Å². The summed E-state index contributed by atoms with van der Waals surface area (Å²) in [5, 5.41) is 13.7. The molecular formula is C10H14N2O3S. The van der Waals surface area contributed by atoms with E-state index in [1.807, 2.05) is 12.3 Å². The molecule has 1 heterocycles. The standard InChI is InChI=1S/C10H14N2O3S/c1-7-12-8(6-16-7)3-2-4-9(13)11-5-10(14)15/h6H,2-5H2,1H3,(H,11,13)(H,14,15). The van der Waals surface area contributed by atoms with Gasteiger partial charge in [0.15, 0.2) is 0 Å². The van der Waals surface area contributed by atoms with Crippen LogP contribution in [0.15, 0.2) is 5.38 Å². The van der Waals surface area contributed by atoms with Crippen LogP contribution in [0, 0.1) is 6.92 Å². The van der Waals surface area contributed by atoms with Gasteiger partial charge in [0.25, 0.3) is 0 Å². The highest BCUT2D eigenvalue weighted by Crippen LogP contribution is 2.10. The van der Waals surface area contributed by atoms with Crippen molar-refractivity contribution in [3.05, 3.63) is 16.1 Å². The summed E-state index contributed by atoms with van der Waals surface area (Å²) in [7, 11) is 0. The van der Waals surface area contributed by atoms with Crippen LogP contribution < -0.4 is 5.32 Å². The first-order valence-corrected chi connectivity index (χ1v) is 5.85. The molecule has 16 heavy (non-hydrogen) atoms. The number of carboxylic acids is 1. The second-order valence-corrected chi connectivity index (χ2v) is 4.44. The van der Waals surface area contributed by atoms with E-state index >= 15 is 0 Å². The lowest BCUT2D eigenvalue weighted by molar-refractivity contribution is -0.137. The summed E-state index contributed by atoms with van der Waals surface area (Å²) in [6, 6.07) is 0. The Morgan fingerprint density at radius 2 is 2.31 bits per heavy atom. The monoisotopic (exact) mass is 242 g/mol. The normalized spacial score (nSPS) is 10.1. The van der Waals surface area contributed by atoms with Crippen molar-refractivity contribution in [2.45, 2.75) is 26.2 Å². The average molecular weight is 242 g/mol. The van der Waals surface area contributed by atoms with Crippen molar-refractivity contribution in [3.63, 3.8) is 0 Å². The SMILES string of the molecule is Cc1nc(CCCC(=O)NCC(=O)O)cs1. The maximum Gasteiger partial charge on any atom is 0.322 e. The van der Waals surface area contributed by atoms with E-state index in [9.17, 15) is 9.59 Å². The van der Waals surface area contributed by atoms with Crippen LogP contribution in [0.25, 0.3) is 0 Å². The number of hydrogen-bond acceptors (Lipinski definition) is 4. The maximum atomic E-state index is 11.2. The van der Waals surface area contributed by atoms with Crippen molar-refractivity contribution in [1.82, 2.24) is 10.3 Å². The molecule has 0 aliphatic heterocycles. The van der Waals surface area contributed by atoms with Crippen molar-refractivity contribution in [1.29, 1.82) is 0 Å². The average Bonchev–Trinajstić information content (AvgIpc) is 2.61. The van der Waals surface area contributed by atoms with Crippen molar-refractivity contribution < 1.29 is 14.7 Å². The zero-order valence-electron chi connectivity index (χ0n) is 9.02. The van der Waals surface area contributed by atoms with Gasteiger partial charge in [-0.05, 0) is 19.8 Å². The fraction of sp³-hybridized carbons (Fsp3) is 0.500. The highest BCUT2D eigenvalue weighted by atomic mass is 32.1. The molecule has 1 aromatic rings. The quantitative estimate of drug-likeness (QED) is 0.779. The predicted octanol–water partition coefficient (Wildman–Crippen LogP) is 0.975. The number of hydrogen-bond donors (Lipinski definition) is 2. The van der Waals surface area contributed by atoms with Gasteiger partial charge in [-0.1, -0.05) is 0 Å². The molecule has 0 saturated carbocycles. The topological polar surface area (TPSA) is 79.3 Å². The molecule has 0 saturated heterocycles. The van der Waals surface area contributed by atoms with Crippen LogP contribution in [0.1, 0.15) is 23.5 Å². The summed E-state index contributed by atoms with van der Waals surface area (Å²) < 4.78 is 0. The summed E-state index contributed by atoms with van der Waals surface area (Å²) in [6.45, 7) is 1.63. The van der Waals surface area contributed by atoms with Gasteiger partial charge in [0.1, 0.15) is 6.54 Å². The van der Waals surface area contributed by atoms with Gasteiger partial charge in [-0.15, -0.1) is 11.3 Å². The van der Waals surface area contributed by atoms with Crippen LogP contribution in [0.5, 0.6) is 0 Å². The van der Waals surface area contributed by atoms with Gasteiger partial charge in [-0.2, -0.15) is 0 Å². The van der Waals surface area contributed by atoms with E-state index in [-0.39, 0.29) is 12.5 Å². The molecule has 0 radical (unpaired) electrons. The molecule has 0 spiro atoms. The Morgan fingerprint density at radius 1 is 1.56 bits per heavy atom. The van der Waals surface area contributed by atoms with E-state index in [1.54, 1.807) is 11.3 Å². The zero-order valence-corrected chi connectivity index (χ0v) is 9.84. The molecule has 6 heteroatoms. The van der Waals surface area contributed by atoms with E-state index in [0.717, 1.165) is 17.1 Å². The van der Waals surface area contributed by atoms with Crippen molar-refractivity contribution >= 4 is 23.2 Å². The Hall–Kier alpha value is -1.43. The second kappa shape index (κ2) is 6.22. The molecule has 0 aliphatic rings. The van der Waals surface area contributed by atoms with E-state index < -0.39 is 5.97 Å². The Bertz CT molecular complexity index is 376. The first-order chi connectivity index (χ1) is 7.58. The number of rotatable bonds is 6. The molecule has 0 fully saturated rings. The third kappa shape index (κ3) is 4.88. The summed E-state index contributed by atoms with van der Waals surface area (Å²) in [6.07, 6.45) is 1.78. The van der Waals surface area contributed by atoms with Gasteiger partial charge in [0, 0.05) is 11.8 Å². The zero-order chi connectivity index (χ0) is 12.0. The molecule has 0 aromatic carbocycles. The second-order valence-electron chi connectivity index (χ2n) is 3.38. The minimum atomic E-state index is -1.02. The van der Waals surface area contributed by atoms with Crippen molar-refractivity contribution in [3.8, 4) is 0 Å². The number of carbonyl (C=O) groups is 2. The Kier molecular flexibility index (Phi) is 4.91. The molecule has 2 N–H and O–H groups in total. The Balaban J connectivity index is 2.15. The minimum Gasteiger partial charge on any atom is -0.480 e. The first-order valence-electron chi connectivity index (χ1n) is 4.97. The number of thiazole rings is 1. The van der Waals surface area contributed by atoms with E-state index in [2.05, 4.69) is 10.3 Å². The van der Waals surface area contributed by atoms with Gasteiger partial charge >= 0.3 is 5.97 Å². The molecule has 0 unspecified atom stereocenters. The summed E-state index contributed by atoms with van der Waals surface area (Å²) in [5.41, 5.74) is 0.994. The molecule has 0 atom stereocenters. The number of nitrogens with one attached hydrogen (secondary N) is 1. The molecule has 88 valence electrons. The van der Waals surface area contributed by atoms with Crippen LogP contribution in [0.4, 0.5) is 0 Å². The number of carboxylic acid groups (broad SMARTS) is 1. The fourth-order valence-corrected chi connectivity index (χ4v) is 1.86. The van der Waals surface area contributed by atoms with Crippen LogP contribution in [0.2, 0.25) is 0 Å². The van der Waals surface area contributed by atoms with Gasteiger partial charge in [0.05, 0.1) is 10.7 Å². The molecule has 1 aromatic heterocycles. The largest absolute Gasteiger partial charge is 0.480 e. The van der Waals surface area contributed by atoms with Gasteiger partial charge < -0.3 is 10.4 Å². The minimum absolute atomic E-state index is 0.227. The summed E-state index contributed by atoms with van der Waals surface area (Å²) in [5.74, 6) is -1.25. The Morgan fingerprint density at radius 3 is 2.88 bits per heavy atom. The highest BCUT2D eigenvalue weighted by molar-refractivity contribution is 7.09. The van der Waals surface area contributed by atoms with Crippen molar-refractivity contribution in [2.75, 3.05) is 6.54 Å². The van der Waals surface area contributed by atoms with Crippen LogP contribution >= 0.6 is 11.3 Å². The molecule has 1 rings (SSSR count). The maximum absolute atomic E-state index is 11.2. The van der Waals surface area contributed by atoms with E-state index in [4.69, 9.17) is 5.11 Å². The lowest BCUT2D eigenvalue weighted by atomic mass is 10.2. The highest BCUT2D eigenvalue weighted by Gasteiger charge is 2.04. The van der Waals surface area contributed by atoms with Crippen LogP contribution in [0.3, 0.4) is 0 Å². The molecule has 0 aliphatic carbocycles. The van der Waals surface area contributed by atoms with Gasteiger partial charge in [0.2, 0.25) is 5.91 Å². The molecular weight excluding hydrogens is 228 g/mol. The molecule has 1 amide bonds. The number of aliphatic carboxylic acids is 1. The van der Waals surface area contributed by atoms with Crippen molar-refractivity contribution in [2.24, 2.45) is 0 Å². The van der Waals surface area contributed by atoms with E-state index in [1.165, 1.54) is 0 Å². The lowest BCUT2D eigenvalue weighted by Gasteiger charge is -2.00. The summed E-state index contributed by atoms with van der Waals surface area (Å²) in [4.78, 5) is 25.6. The molecule has 5 nitrogen and oxygen atoms in total.